The Bertz CT molecular complexity index is 451. The number of carboxylic acids is 1. The number of hydrogen-bond donors (Lipinski definition) is 1. The lowest BCUT2D eigenvalue weighted by atomic mass is 10.1. The molecule has 7 nitrogen and oxygen atoms in total. The molecule has 1 fully saturated rings. The average molecular weight is 250 g/mol. The maximum atomic E-state index is 11.3. The third kappa shape index (κ3) is 2.39. The van der Waals surface area contributed by atoms with Crippen LogP contribution in [-0.4, -0.2) is 57.5 Å². The number of piperazine rings is 1. The quantitative estimate of drug-likeness (QED) is 0.768. The van der Waals surface area contributed by atoms with Gasteiger partial charge in [-0.2, -0.15) is 0 Å². The summed E-state index contributed by atoms with van der Waals surface area (Å²) in [5.74, 6) is -0.712. The molecule has 2 rings (SSSR count). The molecule has 0 saturated carbocycles. The summed E-state index contributed by atoms with van der Waals surface area (Å²) in [5, 5.41) is 9.23. The fraction of sp³-hybridized carbons (Fsp3) is 0.455. The van der Waals surface area contributed by atoms with Crippen molar-refractivity contribution in [3.05, 3.63) is 18.5 Å². The predicted molar refractivity (Wildman–Crippen MR) is 63.1 cm³/mol. The number of aromatic nitrogens is 2. The molecule has 1 amide bonds. The molecule has 1 aromatic heterocycles. The summed E-state index contributed by atoms with van der Waals surface area (Å²) in [5.41, 5.74) is 0. The number of carbonyl (C=O) groups excluding carboxylic acids is 1. The van der Waals surface area contributed by atoms with Crippen LogP contribution >= 0.6 is 0 Å². The molecule has 1 unspecified atom stereocenters. The number of aliphatic carboxylic acids is 1. The van der Waals surface area contributed by atoms with Crippen molar-refractivity contribution in [2.75, 3.05) is 24.5 Å². The third-order valence-corrected chi connectivity index (χ3v) is 2.92. The zero-order chi connectivity index (χ0) is 13.1. The number of hydrogen-bond acceptors (Lipinski definition) is 5. The summed E-state index contributed by atoms with van der Waals surface area (Å²) in [4.78, 5) is 33.8. The van der Waals surface area contributed by atoms with Crippen LogP contribution in [0.5, 0.6) is 0 Å². The van der Waals surface area contributed by atoms with Crippen LogP contribution in [-0.2, 0) is 9.59 Å². The van der Waals surface area contributed by atoms with Crippen molar-refractivity contribution >= 4 is 17.8 Å². The second-order valence-electron chi connectivity index (χ2n) is 4.06. The van der Waals surface area contributed by atoms with Crippen LogP contribution in [0.25, 0.3) is 0 Å². The summed E-state index contributed by atoms with van der Waals surface area (Å²) in [6.45, 7) is 2.49. The molecule has 1 saturated heterocycles. The van der Waals surface area contributed by atoms with Crippen molar-refractivity contribution in [1.82, 2.24) is 14.9 Å². The number of amides is 1. The van der Waals surface area contributed by atoms with E-state index in [1.165, 1.54) is 11.8 Å². The summed E-state index contributed by atoms with van der Waals surface area (Å²) in [6.07, 6.45) is 3.14. The molecule has 1 N–H and O–H groups in total. The summed E-state index contributed by atoms with van der Waals surface area (Å²) in [6, 6.07) is 0.871. The number of nitrogens with zero attached hydrogens (tertiary/aromatic N) is 4. The third-order valence-electron chi connectivity index (χ3n) is 2.92. The van der Waals surface area contributed by atoms with Crippen molar-refractivity contribution < 1.29 is 14.7 Å². The average Bonchev–Trinajstić information content (AvgIpc) is 2.39. The second-order valence-corrected chi connectivity index (χ2v) is 4.06. The van der Waals surface area contributed by atoms with E-state index in [0.717, 1.165) is 0 Å². The van der Waals surface area contributed by atoms with Gasteiger partial charge < -0.3 is 14.9 Å². The highest BCUT2D eigenvalue weighted by Gasteiger charge is 2.34. The van der Waals surface area contributed by atoms with E-state index in [0.29, 0.717) is 19.0 Å². The van der Waals surface area contributed by atoms with Crippen molar-refractivity contribution in [3.63, 3.8) is 0 Å². The van der Waals surface area contributed by atoms with Crippen molar-refractivity contribution in [1.29, 1.82) is 0 Å². The van der Waals surface area contributed by atoms with Crippen LogP contribution < -0.4 is 4.90 Å². The molecular formula is C11H14N4O3. The molecule has 1 aromatic rings. The largest absolute Gasteiger partial charge is 0.480 e. The van der Waals surface area contributed by atoms with Crippen LogP contribution in [0.15, 0.2) is 18.5 Å². The zero-order valence-corrected chi connectivity index (χ0v) is 9.98. The Balaban J connectivity index is 2.21. The summed E-state index contributed by atoms with van der Waals surface area (Å²) in [7, 11) is 0. The normalized spacial score (nSPS) is 19.7. The highest BCUT2D eigenvalue weighted by atomic mass is 16.4. The fourth-order valence-corrected chi connectivity index (χ4v) is 1.96. The van der Waals surface area contributed by atoms with Gasteiger partial charge in [-0.05, 0) is 6.07 Å². The lowest BCUT2D eigenvalue weighted by molar-refractivity contribution is -0.141. The molecule has 0 spiro atoms. The molecule has 0 radical (unpaired) electrons. The highest BCUT2D eigenvalue weighted by molar-refractivity contribution is 5.80. The number of anilines is 1. The lowest BCUT2D eigenvalue weighted by Gasteiger charge is -2.38. The van der Waals surface area contributed by atoms with Gasteiger partial charge in [0.25, 0.3) is 0 Å². The highest BCUT2D eigenvalue weighted by Crippen LogP contribution is 2.16. The van der Waals surface area contributed by atoms with E-state index >= 15 is 0 Å². The monoisotopic (exact) mass is 250 g/mol. The maximum Gasteiger partial charge on any atom is 0.328 e. The minimum absolute atomic E-state index is 0.116. The van der Waals surface area contributed by atoms with Gasteiger partial charge in [-0.15, -0.1) is 0 Å². The Morgan fingerprint density at radius 1 is 1.33 bits per heavy atom. The van der Waals surface area contributed by atoms with Gasteiger partial charge >= 0.3 is 5.97 Å². The molecule has 0 aliphatic carbocycles. The van der Waals surface area contributed by atoms with Gasteiger partial charge in [0.1, 0.15) is 6.04 Å². The van der Waals surface area contributed by atoms with Crippen LogP contribution in [0.2, 0.25) is 0 Å². The standard InChI is InChI=1S/C11H14N4O3/c1-8(16)14-5-6-15(9(7-14)10(17)18)11-12-3-2-4-13-11/h2-4,9H,5-7H2,1H3,(H,17,18). The first-order chi connectivity index (χ1) is 8.59. The molecule has 1 aliphatic rings. The first-order valence-corrected chi connectivity index (χ1v) is 5.61. The Morgan fingerprint density at radius 3 is 2.56 bits per heavy atom. The SMILES string of the molecule is CC(=O)N1CCN(c2ncccn2)C(C(=O)O)C1. The molecule has 1 atom stereocenters. The lowest BCUT2D eigenvalue weighted by Crippen LogP contribution is -2.58. The maximum absolute atomic E-state index is 11.3. The fourth-order valence-electron chi connectivity index (χ4n) is 1.96. The van der Waals surface area contributed by atoms with Crippen LogP contribution in [0.3, 0.4) is 0 Å². The second kappa shape index (κ2) is 4.99. The van der Waals surface area contributed by atoms with Gasteiger partial charge in [0.15, 0.2) is 0 Å². The summed E-state index contributed by atoms with van der Waals surface area (Å²) >= 11 is 0. The van der Waals surface area contributed by atoms with Crippen LogP contribution in [0.1, 0.15) is 6.92 Å². The van der Waals surface area contributed by atoms with Crippen LogP contribution in [0, 0.1) is 0 Å². The Morgan fingerprint density at radius 2 is 2.00 bits per heavy atom. The smallest absolute Gasteiger partial charge is 0.328 e. The van der Waals surface area contributed by atoms with E-state index < -0.39 is 12.0 Å². The van der Waals surface area contributed by atoms with E-state index in [2.05, 4.69) is 9.97 Å². The van der Waals surface area contributed by atoms with Gasteiger partial charge in [0.2, 0.25) is 11.9 Å². The van der Waals surface area contributed by atoms with Crippen molar-refractivity contribution in [2.24, 2.45) is 0 Å². The van der Waals surface area contributed by atoms with E-state index in [4.69, 9.17) is 0 Å². The number of carboxylic acid groups (broad SMARTS) is 1. The van der Waals surface area contributed by atoms with E-state index in [1.54, 1.807) is 23.4 Å². The van der Waals surface area contributed by atoms with Gasteiger partial charge in [-0.25, -0.2) is 14.8 Å². The molecular weight excluding hydrogens is 236 g/mol. The topological polar surface area (TPSA) is 86.6 Å². The number of rotatable bonds is 2. The van der Waals surface area contributed by atoms with Crippen LogP contribution in [0.4, 0.5) is 5.95 Å². The molecule has 0 aromatic carbocycles. The van der Waals surface area contributed by atoms with Gasteiger partial charge in [-0.3, -0.25) is 4.79 Å². The Hall–Kier alpha value is -2.18. The van der Waals surface area contributed by atoms with Gasteiger partial charge in [0.05, 0.1) is 6.54 Å². The Labute approximate surface area is 104 Å². The van der Waals surface area contributed by atoms with E-state index in [1.807, 2.05) is 0 Å². The van der Waals surface area contributed by atoms with Crippen molar-refractivity contribution in [3.8, 4) is 0 Å². The first-order valence-electron chi connectivity index (χ1n) is 5.61. The molecule has 1 aliphatic heterocycles. The first kappa shape index (κ1) is 12.3. The molecule has 7 heteroatoms. The molecule has 0 bridgehead atoms. The van der Waals surface area contributed by atoms with Gasteiger partial charge in [0, 0.05) is 32.4 Å². The molecule has 18 heavy (non-hydrogen) atoms. The minimum atomic E-state index is -0.978. The molecule has 2 heterocycles. The minimum Gasteiger partial charge on any atom is -0.480 e. The molecule has 96 valence electrons. The van der Waals surface area contributed by atoms with Crippen molar-refractivity contribution in [2.45, 2.75) is 13.0 Å². The van der Waals surface area contributed by atoms with E-state index in [-0.39, 0.29) is 12.5 Å². The van der Waals surface area contributed by atoms with Gasteiger partial charge in [-0.1, -0.05) is 0 Å². The Kier molecular flexibility index (Phi) is 3.40. The zero-order valence-electron chi connectivity index (χ0n) is 9.98. The predicted octanol–water partition coefficient (Wildman–Crippen LogP) is -0.402. The summed E-state index contributed by atoms with van der Waals surface area (Å²) < 4.78 is 0. The van der Waals surface area contributed by atoms with E-state index in [9.17, 15) is 14.7 Å². The number of carbonyl (C=O) groups is 2.